The summed E-state index contributed by atoms with van der Waals surface area (Å²) < 4.78 is 20.9. The Balaban J connectivity index is 0.000000251. The smallest absolute Gasteiger partial charge is 0.164 e. The third kappa shape index (κ3) is 6.55. The van der Waals surface area contributed by atoms with Crippen LogP contribution < -0.4 is 0 Å². The van der Waals surface area contributed by atoms with Gasteiger partial charge in [-0.3, -0.25) is 9.78 Å². The number of aromatic nitrogens is 2. The van der Waals surface area contributed by atoms with E-state index in [2.05, 4.69) is 16.0 Å². The molecule has 1 radical (unpaired) electrons. The average Bonchev–Trinajstić information content (AvgIpc) is 3.48. The Hall–Kier alpha value is -3.93. The topological polar surface area (TPSA) is 76.2 Å². The second-order valence-corrected chi connectivity index (χ2v) is 13.0. The molecule has 1 N–H and O–H groups in total. The Morgan fingerprint density at radius 2 is 1.58 bits per heavy atom. The summed E-state index contributed by atoms with van der Waals surface area (Å²) in [5.74, 6) is 0.0925. The number of carbonyl (C=O) groups is 1. The molecule has 5 nitrogen and oxygen atoms in total. The van der Waals surface area contributed by atoms with Crippen LogP contribution >= 0.6 is 0 Å². The number of aliphatic hydroxyl groups excluding tert-OH is 1. The Kier molecular flexibility index (Phi) is 11.3. The van der Waals surface area contributed by atoms with Gasteiger partial charge in [0.2, 0.25) is 0 Å². The zero-order chi connectivity index (χ0) is 34.1. The van der Waals surface area contributed by atoms with Crippen molar-refractivity contribution < 1.29 is 38.8 Å². The Bertz CT molecular complexity index is 2140. The van der Waals surface area contributed by atoms with Gasteiger partial charge in [-0.05, 0) is 73.6 Å². The van der Waals surface area contributed by atoms with Gasteiger partial charge in [-0.1, -0.05) is 82.8 Å². The first kappa shape index (κ1) is 36.9. The van der Waals surface area contributed by atoms with E-state index in [1.807, 2.05) is 96.1 Å². The van der Waals surface area contributed by atoms with Crippen LogP contribution in [0.4, 0.5) is 4.39 Å². The zero-order valence-electron chi connectivity index (χ0n) is 29.0. The van der Waals surface area contributed by atoms with Crippen molar-refractivity contribution in [1.82, 2.24) is 9.97 Å². The maximum Gasteiger partial charge on any atom is 0.164 e. The number of para-hydroxylation sites is 1. The van der Waals surface area contributed by atoms with Crippen molar-refractivity contribution in [1.29, 1.82) is 0 Å². The van der Waals surface area contributed by atoms with Gasteiger partial charge in [0.15, 0.2) is 5.78 Å². The van der Waals surface area contributed by atoms with Crippen molar-refractivity contribution in [2.24, 2.45) is 10.8 Å². The van der Waals surface area contributed by atoms with E-state index >= 15 is 0 Å². The molecule has 0 aliphatic carbocycles. The van der Waals surface area contributed by atoms with Crippen LogP contribution in [0, 0.1) is 36.6 Å². The first-order valence-corrected chi connectivity index (χ1v) is 16.5. The second kappa shape index (κ2) is 14.7. The number of rotatable bonds is 8. The molecular weight excluding hydrogens is 780 g/mol. The number of fused-ring (bicyclic) bond motifs is 6. The van der Waals surface area contributed by atoms with Crippen molar-refractivity contribution in [3.63, 3.8) is 0 Å². The predicted octanol–water partition coefficient (Wildman–Crippen LogP) is 11.6. The summed E-state index contributed by atoms with van der Waals surface area (Å²) in [4.78, 5) is 21.3. The van der Waals surface area contributed by atoms with Gasteiger partial charge >= 0.3 is 0 Å². The van der Waals surface area contributed by atoms with Crippen LogP contribution in [0.15, 0.2) is 77.2 Å². The SMILES string of the molecule is CCC(C)(CC)C(=O)/C=C(\O)C(C)(CC)CC.Cc1cc2ccc3c(-c4[c-]ccc5c4oc4ccccc45)ncnc3c2c(C)c1F.[Ir]. The number of aryl methyl sites for hydroxylation is 2. The Labute approximate surface area is 296 Å². The monoisotopic (exact) mass is 824 g/mol. The summed E-state index contributed by atoms with van der Waals surface area (Å²) >= 11 is 0. The number of carbonyl (C=O) groups excluding carboxylic acids is 1. The largest absolute Gasteiger partial charge is 0.512 e. The van der Waals surface area contributed by atoms with Crippen molar-refractivity contribution in [2.75, 3.05) is 0 Å². The Morgan fingerprint density at radius 3 is 2.25 bits per heavy atom. The molecule has 0 saturated carbocycles. The van der Waals surface area contributed by atoms with Gasteiger partial charge in [-0.15, -0.1) is 18.2 Å². The molecule has 0 aliphatic rings. The quantitative estimate of drug-likeness (QED) is 0.0716. The zero-order valence-corrected chi connectivity index (χ0v) is 31.4. The minimum absolute atomic E-state index is 0. The van der Waals surface area contributed by atoms with Crippen molar-refractivity contribution in [3.8, 4) is 11.3 Å². The number of hydrogen-bond donors (Lipinski definition) is 1. The van der Waals surface area contributed by atoms with Crippen molar-refractivity contribution >= 4 is 49.4 Å². The van der Waals surface area contributed by atoms with Crippen molar-refractivity contribution in [2.45, 2.75) is 81.1 Å². The summed E-state index contributed by atoms with van der Waals surface area (Å²) in [6.45, 7) is 15.7. The van der Waals surface area contributed by atoms with E-state index in [0.29, 0.717) is 11.1 Å². The van der Waals surface area contributed by atoms with E-state index in [4.69, 9.17) is 4.42 Å². The molecule has 253 valence electrons. The fourth-order valence-electron chi connectivity index (χ4n) is 6.11. The molecule has 0 spiro atoms. The number of hydrogen-bond acceptors (Lipinski definition) is 5. The molecule has 48 heavy (non-hydrogen) atoms. The second-order valence-electron chi connectivity index (χ2n) is 13.0. The van der Waals surface area contributed by atoms with Gasteiger partial charge in [0.25, 0.3) is 0 Å². The molecule has 2 aromatic heterocycles. The summed E-state index contributed by atoms with van der Waals surface area (Å²) in [7, 11) is 0. The van der Waals surface area contributed by atoms with Gasteiger partial charge in [0, 0.05) is 53.5 Å². The molecule has 6 rings (SSSR count). The van der Waals surface area contributed by atoms with Gasteiger partial charge in [0.1, 0.15) is 23.5 Å². The normalized spacial score (nSPS) is 12.3. The molecule has 0 atom stereocenters. The number of benzene rings is 4. The average molecular weight is 824 g/mol. The third-order valence-electron chi connectivity index (χ3n) is 10.4. The first-order valence-electron chi connectivity index (χ1n) is 16.5. The number of allylic oxidation sites excluding steroid dienone is 2. The van der Waals surface area contributed by atoms with Crippen molar-refractivity contribution in [3.05, 3.63) is 95.8 Å². The molecule has 2 heterocycles. The molecular formula is C41H44FIrN2O3-. The standard InChI is InChI=1S/C26H16FN2O.C15H28O2.Ir/c1-14-12-16-10-11-19-24(28-13-29-25(19)22(16)15(2)23(14)27)20-8-5-7-18-17-6-3-4-9-21(17)30-26(18)20;1-7-14(5,8-2)12(16)11-13(17)15(6,9-3)10-4;/h3-7,9-13H,1-2H3;11,16H,7-10H2,1-6H3;/q-1;;/b;12-11-;. The van der Waals surface area contributed by atoms with Crippen LogP contribution in [0.1, 0.15) is 78.4 Å². The Morgan fingerprint density at radius 1 is 0.917 bits per heavy atom. The van der Waals surface area contributed by atoms with Crippen LogP contribution in [-0.4, -0.2) is 20.9 Å². The van der Waals surface area contributed by atoms with Gasteiger partial charge in [-0.2, -0.15) is 0 Å². The molecule has 0 amide bonds. The maximum absolute atomic E-state index is 14.7. The van der Waals surface area contributed by atoms with Crippen LogP contribution in [0.2, 0.25) is 0 Å². The molecule has 0 aliphatic heterocycles. The number of ketones is 1. The molecule has 0 fully saturated rings. The van der Waals surface area contributed by atoms with E-state index in [-0.39, 0.29) is 48.3 Å². The summed E-state index contributed by atoms with van der Waals surface area (Å²) in [5.41, 5.74) is 4.44. The number of furan rings is 1. The van der Waals surface area contributed by atoms with Crippen LogP contribution in [0.5, 0.6) is 0 Å². The molecule has 6 aromatic rings. The van der Waals surface area contributed by atoms with E-state index in [1.54, 1.807) is 13.8 Å². The molecule has 0 bridgehead atoms. The van der Waals surface area contributed by atoms with E-state index in [9.17, 15) is 14.3 Å². The van der Waals surface area contributed by atoms with E-state index in [1.165, 1.54) is 12.4 Å². The summed E-state index contributed by atoms with van der Waals surface area (Å²) in [5, 5.41) is 14.8. The number of aliphatic hydroxyl groups is 1. The van der Waals surface area contributed by atoms with Crippen LogP contribution in [0.3, 0.4) is 0 Å². The fourth-order valence-corrected chi connectivity index (χ4v) is 6.11. The molecule has 0 saturated heterocycles. The predicted molar refractivity (Wildman–Crippen MR) is 191 cm³/mol. The number of nitrogens with zero attached hydrogens (tertiary/aromatic N) is 2. The third-order valence-corrected chi connectivity index (χ3v) is 10.4. The fraction of sp³-hybridized carbons (Fsp3) is 0.341. The molecule has 4 aromatic carbocycles. The van der Waals surface area contributed by atoms with Gasteiger partial charge < -0.3 is 9.52 Å². The van der Waals surface area contributed by atoms with Gasteiger partial charge in [0.05, 0.1) is 11.1 Å². The summed E-state index contributed by atoms with van der Waals surface area (Å²) in [6, 6.07) is 21.0. The maximum atomic E-state index is 14.7. The molecule has 0 unspecified atom stereocenters. The first-order chi connectivity index (χ1) is 22.4. The van der Waals surface area contributed by atoms with Gasteiger partial charge in [-0.25, -0.2) is 9.37 Å². The van der Waals surface area contributed by atoms with E-state index < -0.39 is 0 Å². The van der Waals surface area contributed by atoms with Crippen LogP contribution in [0.25, 0.3) is 54.9 Å². The minimum atomic E-state index is -0.337. The van der Waals surface area contributed by atoms with Crippen LogP contribution in [-0.2, 0) is 24.9 Å². The molecule has 7 heteroatoms. The number of halogens is 1. The van der Waals surface area contributed by atoms with E-state index in [0.717, 1.165) is 80.6 Å². The summed E-state index contributed by atoms with van der Waals surface area (Å²) in [6.07, 6.45) is 6.29. The minimum Gasteiger partial charge on any atom is -0.512 e.